The second kappa shape index (κ2) is 23.2. The normalized spacial score (nSPS) is 16.0. The number of sulfonamides is 2. The number of carbonyl (C=O) groups excluding carboxylic acids is 3. The molecule has 0 spiro atoms. The van der Waals surface area contributed by atoms with Crippen molar-refractivity contribution in [3.05, 3.63) is 94.6 Å². The van der Waals surface area contributed by atoms with Crippen molar-refractivity contribution in [2.45, 2.75) is 89.1 Å². The quantitative estimate of drug-likeness (QED) is 0.0463. The van der Waals surface area contributed by atoms with Crippen LogP contribution in [0.3, 0.4) is 0 Å². The molecule has 1 amide bonds. The molecule has 0 radical (unpaired) electrons. The van der Waals surface area contributed by atoms with Crippen LogP contribution in [0, 0.1) is 0 Å². The lowest BCUT2D eigenvalue weighted by Gasteiger charge is -2.28. The van der Waals surface area contributed by atoms with Crippen LogP contribution in [0.15, 0.2) is 79.4 Å². The highest BCUT2D eigenvalue weighted by Gasteiger charge is 2.47. The van der Waals surface area contributed by atoms with Gasteiger partial charge < -0.3 is 31.6 Å². The summed E-state index contributed by atoms with van der Waals surface area (Å²) in [5.41, 5.74) is -10.8. The van der Waals surface area contributed by atoms with Gasteiger partial charge in [-0.25, -0.2) is 40.4 Å². The number of esters is 2. The second-order valence-corrected chi connectivity index (χ2v) is 19.1. The standard InChI is InChI=1S/C34H46N3O9Si.C2F6NO4S2/c1-4-43-47(44-5-2,45-6-3)21-13-18-35-19-20-36(27-35)24-32(38)46-30-22-31(33(39)41-25-28-14-9-7-10-15-28)37(23-30)34(40)42-26-29-16-11-8-12-17-29;3-1(4,5)14(10,11)9-15(12,13)2(6,7)8/h7-12,14-17,19-20,27,30-31H,4-6,13,18,21-26H2,1-3H3;/q+1;-1/t30-,31+;/m1./s1. The van der Waals surface area contributed by atoms with Gasteiger partial charge in [0.25, 0.3) is 0 Å². The highest BCUT2D eigenvalue weighted by atomic mass is 32.3. The fraction of sp³-hybridized carbons (Fsp3) is 0.500. The Morgan fingerprint density at radius 3 is 1.77 bits per heavy atom. The van der Waals surface area contributed by atoms with Crippen LogP contribution in [0.1, 0.15) is 44.7 Å². The monoisotopic (exact) mass is 948 g/mol. The Kier molecular flexibility index (Phi) is 19.4. The van der Waals surface area contributed by atoms with Gasteiger partial charge in [0.15, 0.2) is 26.6 Å². The first-order valence-corrected chi connectivity index (χ1v) is 23.6. The molecule has 2 heterocycles. The van der Waals surface area contributed by atoms with Gasteiger partial charge in [-0.1, -0.05) is 60.7 Å². The van der Waals surface area contributed by atoms with Crippen LogP contribution in [0.25, 0.3) is 4.13 Å². The van der Waals surface area contributed by atoms with E-state index in [0.29, 0.717) is 32.4 Å². The van der Waals surface area contributed by atoms with Gasteiger partial charge in [0.1, 0.15) is 37.8 Å². The van der Waals surface area contributed by atoms with Crippen molar-refractivity contribution < 1.29 is 89.6 Å². The summed E-state index contributed by atoms with van der Waals surface area (Å²) in [5.74, 6) is -1.07. The number of hydrogen-bond donors (Lipinski definition) is 0. The summed E-state index contributed by atoms with van der Waals surface area (Å²) in [4.78, 5) is 40.5. The predicted octanol–water partition coefficient (Wildman–Crippen LogP) is 5.34. The SMILES string of the molecule is CCO[Si](CCCn1cc[n+](CC(=O)O[C@@H]2C[C@@H](C(=O)OCc3ccccc3)N(C(=O)OCc3ccccc3)C2)c1)(OCC)OCC.O=S(=O)([N-]S(=O)(=O)C(F)(F)F)C(F)(F)F. The Labute approximate surface area is 355 Å². The van der Waals surface area contributed by atoms with Crippen LogP contribution in [-0.4, -0.2) is 103 Å². The van der Waals surface area contributed by atoms with Crippen molar-refractivity contribution in [1.82, 2.24) is 9.47 Å². The number of likely N-dealkylation sites (tertiary alicyclic amines) is 1. The number of ether oxygens (including phenoxy) is 3. The third-order valence-electron chi connectivity index (χ3n) is 8.33. The van der Waals surface area contributed by atoms with E-state index in [1.165, 1.54) is 4.90 Å². The van der Waals surface area contributed by atoms with Crippen molar-refractivity contribution in [2.75, 3.05) is 26.4 Å². The first-order valence-electron chi connectivity index (χ1n) is 18.8. The zero-order valence-corrected chi connectivity index (χ0v) is 36.3. The fourth-order valence-electron chi connectivity index (χ4n) is 5.67. The molecule has 0 unspecified atom stereocenters. The van der Waals surface area contributed by atoms with E-state index in [0.717, 1.165) is 21.7 Å². The minimum absolute atomic E-state index is 0.0152. The molecule has 1 aliphatic rings. The van der Waals surface area contributed by atoms with E-state index in [1.54, 1.807) is 10.8 Å². The van der Waals surface area contributed by atoms with Crippen molar-refractivity contribution in [3.63, 3.8) is 0 Å². The largest absolute Gasteiger partial charge is 0.501 e. The lowest BCUT2D eigenvalue weighted by molar-refractivity contribution is -0.685. The summed E-state index contributed by atoms with van der Waals surface area (Å²) in [5, 5.41) is 0. The van der Waals surface area contributed by atoms with E-state index >= 15 is 0 Å². The van der Waals surface area contributed by atoms with Crippen LogP contribution in [0.2, 0.25) is 6.04 Å². The zero-order chi connectivity index (χ0) is 46.2. The molecule has 26 heteroatoms. The summed E-state index contributed by atoms with van der Waals surface area (Å²) in [6, 6.07) is 18.3. The molecule has 0 bridgehead atoms. The molecule has 4 rings (SSSR count). The molecule has 0 saturated carbocycles. The lowest BCUT2D eigenvalue weighted by atomic mass is 10.2. The highest BCUT2D eigenvalue weighted by molar-refractivity contribution is 8.13. The summed E-state index contributed by atoms with van der Waals surface area (Å²) in [6.07, 6.45) is 5.03. The van der Waals surface area contributed by atoms with Gasteiger partial charge in [0.05, 0.1) is 13.1 Å². The Morgan fingerprint density at radius 1 is 0.790 bits per heavy atom. The zero-order valence-electron chi connectivity index (χ0n) is 33.6. The molecule has 1 aromatic heterocycles. The van der Waals surface area contributed by atoms with E-state index in [1.807, 2.05) is 98.5 Å². The third kappa shape index (κ3) is 15.9. The van der Waals surface area contributed by atoms with E-state index in [4.69, 9.17) is 27.5 Å². The van der Waals surface area contributed by atoms with Crippen LogP contribution in [0.4, 0.5) is 31.1 Å². The van der Waals surface area contributed by atoms with E-state index in [-0.39, 0.29) is 32.7 Å². The van der Waals surface area contributed by atoms with Crippen LogP contribution < -0.4 is 4.57 Å². The summed E-state index contributed by atoms with van der Waals surface area (Å²) >= 11 is 0. The van der Waals surface area contributed by atoms with Gasteiger partial charge in [-0.05, 0) is 38.3 Å². The van der Waals surface area contributed by atoms with Crippen molar-refractivity contribution >= 4 is 46.9 Å². The van der Waals surface area contributed by atoms with Gasteiger partial charge in [0.2, 0.25) is 6.33 Å². The van der Waals surface area contributed by atoms with Crippen molar-refractivity contribution in [2.24, 2.45) is 0 Å². The Morgan fingerprint density at radius 2 is 1.29 bits per heavy atom. The van der Waals surface area contributed by atoms with Gasteiger partial charge in [0, 0.05) is 32.3 Å². The molecule has 1 saturated heterocycles. The van der Waals surface area contributed by atoms with Crippen LogP contribution in [0.5, 0.6) is 0 Å². The van der Waals surface area contributed by atoms with Gasteiger partial charge in [-0.3, -0.25) is 4.90 Å². The molecule has 2 aromatic carbocycles. The topological polar surface area (TPSA) is 201 Å². The number of hydrogen-bond acceptors (Lipinski definition) is 13. The number of rotatable bonds is 20. The molecule has 1 aliphatic heterocycles. The van der Waals surface area contributed by atoms with Gasteiger partial charge in [-0.2, -0.15) is 26.3 Å². The number of nitrogens with zero attached hydrogens (tertiary/aromatic N) is 4. The number of benzene rings is 2. The Balaban J connectivity index is 0.000000581. The molecule has 346 valence electrons. The molecular formula is C36H46F6N4O13S2Si. The minimum atomic E-state index is -6.72. The predicted molar refractivity (Wildman–Crippen MR) is 206 cm³/mol. The van der Waals surface area contributed by atoms with E-state index in [9.17, 15) is 57.6 Å². The maximum Gasteiger partial charge on any atom is 0.501 e. The molecule has 0 N–H and O–H groups in total. The number of carbonyl (C=O) groups is 3. The second-order valence-electron chi connectivity index (χ2n) is 13.0. The highest BCUT2D eigenvalue weighted by Crippen LogP contribution is 2.36. The molecule has 3 aromatic rings. The Bertz CT molecular complexity index is 1990. The number of imidazole rings is 1. The number of halogens is 6. The smallest absolute Gasteiger partial charge is 0.459 e. The Hall–Kier alpha value is -4.60. The molecule has 1 fully saturated rings. The summed E-state index contributed by atoms with van der Waals surface area (Å²) in [7, 11) is -16.2. The average Bonchev–Trinajstić information content (AvgIpc) is 3.83. The maximum absolute atomic E-state index is 13.2. The number of aromatic nitrogens is 2. The van der Waals surface area contributed by atoms with E-state index < -0.39 is 70.0 Å². The molecule has 0 aliphatic carbocycles. The molecule has 2 atom stereocenters. The lowest BCUT2D eigenvalue weighted by Crippen LogP contribution is -2.46. The molecule has 62 heavy (non-hydrogen) atoms. The number of aryl methyl sites for hydroxylation is 1. The van der Waals surface area contributed by atoms with Crippen LogP contribution >= 0.6 is 0 Å². The summed E-state index contributed by atoms with van der Waals surface area (Å²) < 4.78 is 148. The van der Waals surface area contributed by atoms with E-state index in [2.05, 4.69) is 0 Å². The van der Waals surface area contributed by atoms with Crippen LogP contribution in [-0.2, 0) is 83.4 Å². The first kappa shape index (κ1) is 51.7. The first-order chi connectivity index (χ1) is 29.0. The molecular weight excluding hydrogens is 903 g/mol. The third-order valence-corrected chi connectivity index (χ3v) is 14.2. The average molecular weight is 949 g/mol. The van der Waals surface area contributed by atoms with Gasteiger partial charge in [-0.15, -0.1) is 0 Å². The number of alkyl halides is 6. The molecule has 17 nitrogen and oxygen atoms in total. The van der Waals surface area contributed by atoms with Crippen molar-refractivity contribution in [3.8, 4) is 0 Å². The minimum Gasteiger partial charge on any atom is -0.459 e. The van der Waals surface area contributed by atoms with Gasteiger partial charge >= 0.3 is 37.9 Å². The maximum atomic E-state index is 13.2. The van der Waals surface area contributed by atoms with Crippen molar-refractivity contribution in [1.29, 1.82) is 0 Å². The summed E-state index contributed by atoms with van der Waals surface area (Å²) in [6.45, 7) is 8.19. The fourth-order valence-corrected chi connectivity index (χ4v) is 9.97. The number of amides is 1.